The number of nitrogens with one attached hydrogen (secondary N) is 1. The molecule has 0 saturated carbocycles. The number of aryl methyl sites for hydroxylation is 1. The van der Waals surface area contributed by atoms with Crippen molar-refractivity contribution in [2.45, 2.75) is 13.0 Å². The molecule has 1 heterocycles. The van der Waals surface area contributed by atoms with Gasteiger partial charge in [0.25, 0.3) is 11.5 Å². The van der Waals surface area contributed by atoms with Crippen LogP contribution in [0.3, 0.4) is 0 Å². The molecule has 20 heavy (non-hydrogen) atoms. The molecule has 0 unspecified atom stereocenters. The Morgan fingerprint density at radius 2 is 2.05 bits per heavy atom. The van der Waals surface area contributed by atoms with Crippen molar-refractivity contribution in [1.29, 1.82) is 0 Å². The van der Waals surface area contributed by atoms with E-state index in [0.717, 1.165) is 5.56 Å². The third-order valence-electron chi connectivity index (χ3n) is 3.06. The van der Waals surface area contributed by atoms with Crippen LogP contribution in [0.15, 0.2) is 47.4 Å². The van der Waals surface area contributed by atoms with Crippen LogP contribution < -0.4 is 10.9 Å². The SMILES string of the molecule is C[C@H](NC(=O)c1ccn(C)c(=O)c1)c1cccc(Cl)c1. The highest BCUT2D eigenvalue weighted by Crippen LogP contribution is 2.17. The second-order valence-corrected chi connectivity index (χ2v) is 5.05. The minimum Gasteiger partial charge on any atom is -0.346 e. The van der Waals surface area contributed by atoms with Gasteiger partial charge in [0.05, 0.1) is 6.04 Å². The molecule has 0 aliphatic heterocycles. The second kappa shape index (κ2) is 5.92. The standard InChI is InChI=1S/C15H15ClN2O2/c1-10(11-4-3-5-13(16)8-11)17-15(20)12-6-7-18(2)14(19)9-12/h3-10H,1-2H3,(H,17,20)/t10-/m0/s1. The van der Waals surface area contributed by atoms with Gasteiger partial charge in [0, 0.05) is 29.9 Å². The molecule has 1 aromatic carbocycles. The smallest absolute Gasteiger partial charge is 0.252 e. The van der Waals surface area contributed by atoms with E-state index in [1.54, 1.807) is 31.4 Å². The van der Waals surface area contributed by atoms with Crippen LogP contribution in [0, 0.1) is 0 Å². The van der Waals surface area contributed by atoms with Gasteiger partial charge >= 0.3 is 0 Å². The number of hydrogen-bond acceptors (Lipinski definition) is 2. The summed E-state index contributed by atoms with van der Waals surface area (Å²) in [6.07, 6.45) is 1.57. The Labute approximate surface area is 122 Å². The average Bonchev–Trinajstić information content (AvgIpc) is 2.41. The van der Waals surface area contributed by atoms with Gasteiger partial charge in [0.15, 0.2) is 0 Å². The molecule has 4 nitrogen and oxygen atoms in total. The van der Waals surface area contributed by atoms with Gasteiger partial charge in [-0.05, 0) is 30.7 Å². The first-order valence-electron chi connectivity index (χ1n) is 6.20. The van der Waals surface area contributed by atoms with Crippen molar-refractivity contribution >= 4 is 17.5 Å². The lowest BCUT2D eigenvalue weighted by Gasteiger charge is -2.14. The fraction of sp³-hybridized carbons (Fsp3) is 0.200. The maximum absolute atomic E-state index is 12.1. The molecule has 1 aromatic heterocycles. The Kier molecular flexibility index (Phi) is 4.25. The van der Waals surface area contributed by atoms with Crippen LogP contribution in [0.2, 0.25) is 5.02 Å². The molecule has 1 N–H and O–H groups in total. The lowest BCUT2D eigenvalue weighted by atomic mass is 10.1. The van der Waals surface area contributed by atoms with Crippen LogP contribution in [-0.4, -0.2) is 10.5 Å². The van der Waals surface area contributed by atoms with Crippen molar-refractivity contribution in [2.24, 2.45) is 7.05 Å². The molecule has 0 fully saturated rings. The number of nitrogens with zero attached hydrogens (tertiary/aromatic N) is 1. The van der Waals surface area contributed by atoms with Gasteiger partial charge in [-0.1, -0.05) is 23.7 Å². The van der Waals surface area contributed by atoms with Gasteiger partial charge in [-0.2, -0.15) is 0 Å². The minimum atomic E-state index is -0.282. The zero-order valence-corrected chi connectivity index (χ0v) is 12.0. The Bertz CT molecular complexity index is 694. The molecule has 5 heteroatoms. The third-order valence-corrected chi connectivity index (χ3v) is 3.30. The van der Waals surface area contributed by atoms with E-state index in [2.05, 4.69) is 5.32 Å². The maximum Gasteiger partial charge on any atom is 0.252 e. The van der Waals surface area contributed by atoms with E-state index >= 15 is 0 Å². The number of carbonyl (C=O) groups is 1. The molecule has 0 radical (unpaired) electrons. The highest BCUT2D eigenvalue weighted by Gasteiger charge is 2.12. The van der Waals surface area contributed by atoms with Crippen molar-refractivity contribution in [1.82, 2.24) is 9.88 Å². The lowest BCUT2D eigenvalue weighted by Crippen LogP contribution is -2.28. The predicted molar refractivity (Wildman–Crippen MR) is 79.0 cm³/mol. The van der Waals surface area contributed by atoms with Gasteiger partial charge < -0.3 is 9.88 Å². The van der Waals surface area contributed by atoms with E-state index in [1.807, 2.05) is 19.1 Å². The first-order valence-corrected chi connectivity index (χ1v) is 6.58. The third kappa shape index (κ3) is 3.27. The molecule has 2 rings (SSSR count). The number of halogens is 1. The fourth-order valence-corrected chi connectivity index (χ4v) is 2.03. The first kappa shape index (κ1) is 14.3. The maximum atomic E-state index is 12.1. The van der Waals surface area contributed by atoms with Crippen LogP contribution in [-0.2, 0) is 7.05 Å². The Hall–Kier alpha value is -2.07. The molecular formula is C15H15ClN2O2. The molecule has 0 aliphatic rings. The first-order chi connectivity index (χ1) is 9.47. The molecule has 0 saturated heterocycles. The van der Waals surface area contributed by atoms with Gasteiger partial charge in [-0.15, -0.1) is 0 Å². The van der Waals surface area contributed by atoms with Gasteiger partial charge in [-0.3, -0.25) is 9.59 Å². The van der Waals surface area contributed by atoms with Crippen molar-refractivity contribution in [3.8, 4) is 0 Å². The highest BCUT2D eigenvalue weighted by atomic mass is 35.5. The van der Waals surface area contributed by atoms with E-state index in [1.165, 1.54) is 10.6 Å². The number of aromatic nitrogens is 1. The van der Waals surface area contributed by atoms with Crippen LogP contribution in [0.5, 0.6) is 0 Å². The molecule has 1 atom stereocenters. The minimum absolute atomic E-state index is 0.190. The normalized spacial score (nSPS) is 11.9. The summed E-state index contributed by atoms with van der Waals surface area (Å²) < 4.78 is 1.41. The monoisotopic (exact) mass is 290 g/mol. The number of rotatable bonds is 3. The molecule has 0 aliphatic carbocycles. The number of hydrogen-bond donors (Lipinski definition) is 1. The lowest BCUT2D eigenvalue weighted by molar-refractivity contribution is 0.0939. The predicted octanol–water partition coefficient (Wildman–Crippen LogP) is 2.53. The molecule has 104 valence electrons. The average molecular weight is 291 g/mol. The van der Waals surface area contributed by atoms with E-state index in [9.17, 15) is 9.59 Å². The summed E-state index contributed by atoms with van der Waals surface area (Å²) in [5.41, 5.74) is 1.05. The molecule has 1 amide bonds. The Morgan fingerprint density at radius 1 is 1.30 bits per heavy atom. The number of carbonyl (C=O) groups excluding carboxylic acids is 1. The van der Waals surface area contributed by atoms with E-state index < -0.39 is 0 Å². The van der Waals surface area contributed by atoms with Crippen molar-refractivity contribution in [3.63, 3.8) is 0 Å². The van der Waals surface area contributed by atoms with Gasteiger partial charge in [-0.25, -0.2) is 0 Å². The summed E-state index contributed by atoms with van der Waals surface area (Å²) in [5.74, 6) is -0.282. The van der Waals surface area contributed by atoms with Crippen LogP contribution in [0.4, 0.5) is 0 Å². The zero-order valence-electron chi connectivity index (χ0n) is 11.3. The molecule has 0 bridgehead atoms. The van der Waals surface area contributed by atoms with Gasteiger partial charge in [0.2, 0.25) is 0 Å². The van der Waals surface area contributed by atoms with Crippen molar-refractivity contribution in [2.75, 3.05) is 0 Å². The molecular weight excluding hydrogens is 276 g/mol. The number of benzene rings is 1. The van der Waals surface area contributed by atoms with E-state index in [4.69, 9.17) is 11.6 Å². The zero-order chi connectivity index (χ0) is 14.7. The highest BCUT2D eigenvalue weighted by molar-refractivity contribution is 6.30. The summed E-state index contributed by atoms with van der Waals surface area (Å²) in [5, 5.41) is 3.46. The van der Waals surface area contributed by atoms with E-state index in [-0.39, 0.29) is 17.5 Å². The number of amides is 1. The quantitative estimate of drug-likeness (QED) is 0.944. The van der Waals surface area contributed by atoms with Crippen LogP contribution in [0.1, 0.15) is 28.9 Å². The second-order valence-electron chi connectivity index (χ2n) is 4.61. The largest absolute Gasteiger partial charge is 0.346 e. The van der Waals surface area contributed by atoms with E-state index in [0.29, 0.717) is 10.6 Å². The summed E-state index contributed by atoms with van der Waals surface area (Å²) in [4.78, 5) is 23.6. The Morgan fingerprint density at radius 3 is 2.70 bits per heavy atom. The topological polar surface area (TPSA) is 51.1 Å². The van der Waals surface area contributed by atoms with Gasteiger partial charge in [0.1, 0.15) is 0 Å². The summed E-state index contributed by atoms with van der Waals surface area (Å²) >= 11 is 5.92. The Balaban J connectivity index is 2.15. The molecule has 0 spiro atoms. The summed E-state index contributed by atoms with van der Waals surface area (Å²) in [7, 11) is 1.64. The van der Waals surface area contributed by atoms with Crippen molar-refractivity contribution < 1.29 is 4.79 Å². The summed E-state index contributed by atoms with van der Waals surface area (Å²) in [6, 6.07) is 10.0. The van der Waals surface area contributed by atoms with Crippen molar-refractivity contribution in [3.05, 3.63) is 69.1 Å². The molecule has 2 aromatic rings. The number of pyridine rings is 1. The van der Waals surface area contributed by atoms with Crippen LogP contribution in [0.25, 0.3) is 0 Å². The summed E-state index contributed by atoms with van der Waals surface area (Å²) in [6.45, 7) is 1.87. The fourth-order valence-electron chi connectivity index (χ4n) is 1.83. The van der Waals surface area contributed by atoms with Crippen LogP contribution >= 0.6 is 11.6 Å².